The van der Waals surface area contributed by atoms with Crippen LogP contribution in [-0.2, 0) is 9.68 Å². The van der Waals surface area contributed by atoms with Gasteiger partial charge in [0.2, 0.25) is 0 Å². The molecule has 0 spiro atoms. The molecule has 4 nitrogen and oxygen atoms in total. The molecule has 0 saturated heterocycles. The molecule has 0 aromatic heterocycles. The van der Waals surface area contributed by atoms with Gasteiger partial charge in [-0.1, -0.05) is 12.2 Å². The molecule has 0 aliphatic carbocycles. The Morgan fingerprint density at radius 1 is 1.07 bits per heavy atom. The average Bonchev–Trinajstić information content (AvgIpc) is 2.45. The molecule has 2 N–H and O–H groups in total. The molecule has 15 heavy (non-hydrogen) atoms. The number of hydrogen-bond acceptors (Lipinski definition) is 3. The predicted octanol–water partition coefficient (Wildman–Crippen LogP) is 1.64. The molecule has 0 unspecified atom stereocenters. The topological polar surface area (TPSA) is 44.5 Å². The summed E-state index contributed by atoms with van der Waals surface area (Å²) >= 11 is 0. The van der Waals surface area contributed by atoms with Gasteiger partial charge in [0.25, 0.3) is 0 Å². The maximum Gasteiger partial charge on any atom is 0.199 e. The number of nitrogen functional groups attached to an aromatic ring is 1. The lowest BCUT2D eigenvalue weighted by atomic mass is 10.3. The van der Waals surface area contributed by atoms with Crippen molar-refractivity contribution in [2.75, 3.05) is 26.0 Å². The van der Waals surface area contributed by atoms with Crippen LogP contribution in [0.4, 0.5) is 11.4 Å². The van der Waals surface area contributed by atoms with Crippen molar-refractivity contribution in [3.8, 4) is 0 Å². The van der Waals surface area contributed by atoms with Crippen LogP contribution in [0, 0.1) is 0 Å². The van der Waals surface area contributed by atoms with Crippen LogP contribution >= 0.6 is 0 Å². The Morgan fingerprint density at radius 3 is 2.13 bits per heavy atom. The number of anilines is 1. The Morgan fingerprint density at radius 2 is 1.60 bits per heavy atom. The van der Waals surface area contributed by atoms with Gasteiger partial charge in [-0.25, -0.2) is 0 Å². The van der Waals surface area contributed by atoms with Gasteiger partial charge in [-0.3, -0.25) is 0 Å². The highest BCUT2D eigenvalue weighted by Gasteiger charge is 2.30. The zero-order chi connectivity index (χ0) is 10.7. The molecule has 2 rings (SSSR count). The number of rotatable bonds is 1. The van der Waals surface area contributed by atoms with Crippen LogP contribution in [-0.4, -0.2) is 20.3 Å². The van der Waals surface area contributed by atoms with Gasteiger partial charge in [0.15, 0.2) is 5.69 Å². The molecule has 1 aromatic carbocycles. The van der Waals surface area contributed by atoms with Crippen molar-refractivity contribution in [2.24, 2.45) is 0 Å². The van der Waals surface area contributed by atoms with Gasteiger partial charge in [0.1, 0.15) is 20.3 Å². The SMILES string of the molecule is C[N+]1(c2ccc(N)cc2)OCC=CCO1. The zero-order valence-electron chi connectivity index (χ0n) is 8.72. The van der Waals surface area contributed by atoms with Crippen LogP contribution in [0.15, 0.2) is 36.4 Å². The fourth-order valence-corrected chi connectivity index (χ4v) is 1.44. The van der Waals surface area contributed by atoms with E-state index in [0.29, 0.717) is 13.2 Å². The van der Waals surface area contributed by atoms with E-state index >= 15 is 0 Å². The molecule has 1 heterocycles. The first-order chi connectivity index (χ1) is 7.21. The molecule has 0 saturated carbocycles. The second-order valence-corrected chi connectivity index (χ2v) is 3.50. The molecule has 80 valence electrons. The number of nitrogens with two attached hydrogens (primary N) is 1. The van der Waals surface area contributed by atoms with Crippen molar-refractivity contribution in [2.45, 2.75) is 0 Å². The molecule has 4 heteroatoms. The van der Waals surface area contributed by atoms with Crippen molar-refractivity contribution in [3.05, 3.63) is 36.4 Å². The van der Waals surface area contributed by atoms with E-state index in [1.54, 1.807) is 0 Å². The summed E-state index contributed by atoms with van der Waals surface area (Å²) in [5.41, 5.74) is 7.29. The Hall–Kier alpha value is -1.36. The molecule has 0 atom stereocenters. The van der Waals surface area contributed by atoms with E-state index in [9.17, 15) is 0 Å². The van der Waals surface area contributed by atoms with E-state index < -0.39 is 0 Å². The van der Waals surface area contributed by atoms with E-state index in [1.807, 2.05) is 43.5 Å². The van der Waals surface area contributed by atoms with Gasteiger partial charge < -0.3 is 5.73 Å². The molecule has 0 amide bonds. The molecule has 0 radical (unpaired) electrons. The van der Waals surface area contributed by atoms with Crippen molar-refractivity contribution in [1.29, 1.82) is 0 Å². The number of hydroxylamine groups is 2. The second-order valence-electron chi connectivity index (χ2n) is 3.50. The average molecular weight is 207 g/mol. The van der Waals surface area contributed by atoms with Crippen LogP contribution in [0.5, 0.6) is 0 Å². The highest BCUT2D eigenvalue weighted by Crippen LogP contribution is 2.24. The smallest absolute Gasteiger partial charge is 0.199 e. The van der Waals surface area contributed by atoms with E-state index in [0.717, 1.165) is 11.4 Å². The zero-order valence-corrected chi connectivity index (χ0v) is 8.72. The third-order valence-corrected chi connectivity index (χ3v) is 2.36. The minimum atomic E-state index is 0.0211. The Balaban J connectivity index is 2.24. The summed E-state index contributed by atoms with van der Waals surface area (Å²) in [6.45, 7) is 1.09. The lowest BCUT2D eigenvalue weighted by Gasteiger charge is -2.25. The third kappa shape index (κ3) is 2.18. The number of nitrogens with zero attached hydrogens (tertiary/aromatic N) is 1. The lowest BCUT2D eigenvalue weighted by molar-refractivity contribution is -0.324. The minimum Gasteiger partial charge on any atom is -0.399 e. The quantitative estimate of drug-likeness (QED) is 0.432. The van der Waals surface area contributed by atoms with Crippen LogP contribution < -0.4 is 10.5 Å². The number of hydrogen-bond donors (Lipinski definition) is 1. The maximum atomic E-state index is 5.63. The van der Waals surface area contributed by atoms with Gasteiger partial charge in [0.05, 0.1) is 0 Å². The maximum absolute atomic E-state index is 5.63. The summed E-state index contributed by atoms with van der Waals surface area (Å²) < 4.78 is 0. The van der Waals surface area contributed by atoms with Crippen LogP contribution in [0.3, 0.4) is 0 Å². The molecule has 1 aromatic rings. The van der Waals surface area contributed by atoms with Crippen LogP contribution in [0.1, 0.15) is 0 Å². The van der Waals surface area contributed by atoms with Crippen LogP contribution in [0.25, 0.3) is 0 Å². The molecular formula is C11H15N2O2+. The fourth-order valence-electron chi connectivity index (χ4n) is 1.44. The Kier molecular flexibility index (Phi) is 2.73. The highest BCUT2D eigenvalue weighted by atomic mass is 17.0. The normalized spacial score (nSPS) is 19.8. The minimum absolute atomic E-state index is 0.0211. The summed E-state index contributed by atoms with van der Waals surface area (Å²) in [6.07, 6.45) is 3.89. The summed E-state index contributed by atoms with van der Waals surface area (Å²) in [7, 11) is 1.86. The number of quaternary nitrogens is 1. The summed E-state index contributed by atoms with van der Waals surface area (Å²) in [4.78, 5) is 11.2. The largest absolute Gasteiger partial charge is 0.399 e. The second kappa shape index (κ2) is 4.02. The lowest BCUT2D eigenvalue weighted by Crippen LogP contribution is -2.44. The van der Waals surface area contributed by atoms with Gasteiger partial charge in [-0.15, -0.1) is 0 Å². The molecule has 0 fully saturated rings. The van der Waals surface area contributed by atoms with E-state index in [4.69, 9.17) is 15.4 Å². The Labute approximate surface area is 89.0 Å². The fraction of sp³-hybridized carbons (Fsp3) is 0.273. The number of benzene rings is 1. The van der Waals surface area contributed by atoms with Crippen molar-refractivity contribution >= 4 is 11.4 Å². The first-order valence-electron chi connectivity index (χ1n) is 4.87. The standard InChI is InChI=1S/C11H15N2O2/c1-13(14-8-2-3-9-15-13)11-6-4-10(12)5-7-11/h2-7H,8-9,12H2,1H3/q+1. The summed E-state index contributed by atoms with van der Waals surface area (Å²) in [5.74, 6) is 0. The first kappa shape index (κ1) is 10.2. The van der Waals surface area contributed by atoms with Gasteiger partial charge >= 0.3 is 0 Å². The van der Waals surface area contributed by atoms with E-state index in [-0.39, 0.29) is 4.81 Å². The van der Waals surface area contributed by atoms with Gasteiger partial charge in [-0.2, -0.15) is 9.68 Å². The monoisotopic (exact) mass is 207 g/mol. The van der Waals surface area contributed by atoms with E-state index in [2.05, 4.69) is 0 Å². The van der Waals surface area contributed by atoms with Crippen molar-refractivity contribution < 1.29 is 9.68 Å². The molecular weight excluding hydrogens is 192 g/mol. The van der Waals surface area contributed by atoms with Gasteiger partial charge in [0, 0.05) is 17.8 Å². The highest BCUT2D eigenvalue weighted by molar-refractivity contribution is 5.48. The predicted molar refractivity (Wildman–Crippen MR) is 59.6 cm³/mol. The first-order valence-corrected chi connectivity index (χ1v) is 4.87. The molecule has 1 aliphatic rings. The summed E-state index contributed by atoms with van der Waals surface area (Å²) in [5, 5.41) is 0. The van der Waals surface area contributed by atoms with Gasteiger partial charge in [-0.05, 0) is 16.9 Å². The Bertz CT molecular complexity index is 349. The third-order valence-electron chi connectivity index (χ3n) is 2.36. The van der Waals surface area contributed by atoms with Crippen molar-refractivity contribution in [1.82, 2.24) is 4.81 Å². The molecule has 1 aliphatic heterocycles. The van der Waals surface area contributed by atoms with Crippen LogP contribution in [0.2, 0.25) is 0 Å². The van der Waals surface area contributed by atoms with Crippen molar-refractivity contribution in [3.63, 3.8) is 0 Å². The van der Waals surface area contributed by atoms with E-state index in [1.165, 1.54) is 0 Å². The summed E-state index contributed by atoms with van der Waals surface area (Å²) in [6, 6.07) is 7.48. The molecule has 0 bridgehead atoms.